The Balaban J connectivity index is 2.17. The first-order valence-corrected chi connectivity index (χ1v) is 7.31. The molecule has 1 aromatic carbocycles. The molecule has 20 heavy (non-hydrogen) atoms. The van der Waals surface area contributed by atoms with Gasteiger partial charge in [0.25, 0.3) is 0 Å². The predicted molar refractivity (Wildman–Crippen MR) is 79.2 cm³/mol. The third-order valence-corrected chi connectivity index (χ3v) is 4.50. The molecule has 106 valence electrons. The van der Waals surface area contributed by atoms with E-state index in [4.69, 9.17) is 4.74 Å². The van der Waals surface area contributed by atoms with Crippen LogP contribution in [0.15, 0.2) is 21.4 Å². The third kappa shape index (κ3) is 1.94. The number of aryl methyl sites for hydroxylation is 2. The van der Waals surface area contributed by atoms with E-state index >= 15 is 0 Å². The van der Waals surface area contributed by atoms with Crippen LogP contribution in [0.3, 0.4) is 0 Å². The van der Waals surface area contributed by atoms with Crippen LogP contribution in [-0.4, -0.2) is 27.6 Å². The number of carbonyl (C=O) groups is 1. The smallest absolute Gasteiger partial charge is 0.328 e. The molecule has 6 heteroatoms. The van der Waals surface area contributed by atoms with E-state index in [9.17, 15) is 9.59 Å². The van der Waals surface area contributed by atoms with Gasteiger partial charge in [-0.25, -0.2) is 4.79 Å². The highest BCUT2D eigenvalue weighted by molar-refractivity contribution is 9.10. The van der Waals surface area contributed by atoms with Gasteiger partial charge in [-0.15, -0.1) is 0 Å². The van der Waals surface area contributed by atoms with E-state index < -0.39 is 0 Å². The Morgan fingerprint density at radius 3 is 2.55 bits per heavy atom. The molecule has 1 saturated heterocycles. The van der Waals surface area contributed by atoms with Gasteiger partial charge in [0.05, 0.1) is 11.0 Å². The molecule has 5 nitrogen and oxygen atoms in total. The molecule has 0 radical (unpaired) electrons. The summed E-state index contributed by atoms with van der Waals surface area (Å²) in [6.45, 7) is 0.639. The van der Waals surface area contributed by atoms with Gasteiger partial charge in [0, 0.05) is 30.7 Å². The van der Waals surface area contributed by atoms with Crippen molar-refractivity contribution in [1.29, 1.82) is 0 Å². The molecule has 1 aliphatic heterocycles. The lowest BCUT2D eigenvalue weighted by atomic mass is 10.0. The minimum absolute atomic E-state index is 0.0208. The number of Topliss-reactive ketones (excluding diaryl/α,β-unsaturated/α-hetero) is 1. The molecule has 2 heterocycles. The number of ether oxygens (including phenoxy) is 1. The molecular formula is C14H15BrN2O3. The molecule has 1 aromatic heterocycles. The highest BCUT2D eigenvalue weighted by atomic mass is 79.9. The topological polar surface area (TPSA) is 53.2 Å². The van der Waals surface area contributed by atoms with Crippen LogP contribution in [0.1, 0.15) is 23.2 Å². The number of nitrogens with zero attached hydrogens (tertiary/aromatic N) is 2. The zero-order valence-corrected chi connectivity index (χ0v) is 12.9. The zero-order valence-electron chi connectivity index (χ0n) is 11.4. The Bertz CT molecular complexity index is 754. The first kappa shape index (κ1) is 13.6. The molecule has 3 rings (SSSR count). The summed E-state index contributed by atoms with van der Waals surface area (Å²) in [6, 6.07) is 3.59. The SMILES string of the molecule is Cn1c(=O)n(C)c2cc(C(=O)C3CCCO3)c(Br)cc21. The lowest BCUT2D eigenvalue weighted by Gasteiger charge is -2.10. The zero-order chi connectivity index (χ0) is 14.4. The van der Waals surface area contributed by atoms with Gasteiger partial charge in [-0.2, -0.15) is 0 Å². The summed E-state index contributed by atoms with van der Waals surface area (Å²) < 4.78 is 9.27. The maximum Gasteiger partial charge on any atom is 0.328 e. The number of imidazole rings is 1. The van der Waals surface area contributed by atoms with Crippen molar-refractivity contribution in [3.63, 3.8) is 0 Å². The van der Waals surface area contributed by atoms with E-state index in [1.54, 1.807) is 29.3 Å². The lowest BCUT2D eigenvalue weighted by Crippen LogP contribution is -2.20. The maximum absolute atomic E-state index is 12.5. The van der Waals surface area contributed by atoms with Crippen LogP contribution in [0.4, 0.5) is 0 Å². The number of aromatic nitrogens is 2. The second-order valence-electron chi connectivity index (χ2n) is 5.09. The first-order valence-electron chi connectivity index (χ1n) is 6.51. The van der Waals surface area contributed by atoms with Crippen LogP contribution >= 0.6 is 15.9 Å². The Morgan fingerprint density at radius 1 is 1.30 bits per heavy atom. The number of benzene rings is 1. The number of carbonyl (C=O) groups excluding carboxylic acids is 1. The number of hydrogen-bond donors (Lipinski definition) is 0. The van der Waals surface area contributed by atoms with Crippen LogP contribution in [0, 0.1) is 0 Å². The number of halogens is 1. The summed E-state index contributed by atoms with van der Waals surface area (Å²) in [5, 5.41) is 0. The number of fused-ring (bicyclic) bond motifs is 1. The average molecular weight is 339 g/mol. The van der Waals surface area contributed by atoms with Crippen molar-refractivity contribution in [2.24, 2.45) is 14.1 Å². The van der Waals surface area contributed by atoms with E-state index in [2.05, 4.69) is 15.9 Å². The van der Waals surface area contributed by atoms with Crippen molar-refractivity contribution >= 4 is 32.7 Å². The summed E-state index contributed by atoms with van der Waals surface area (Å²) in [6.07, 6.45) is 1.32. The van der Waals surface area contributed by atoms with Crippen molar-refractivity contribution in [3.05, 3.63) is 32.7 Å². The third-order valence-electron chi connectivity index (χ3n) is 3.85. The fourth-order valence-electron chi connectivity index (χ4n) is 2.67. The number of ketones is 1. The normalized spacial score (nSPS) is 18.9. The molecular weight excluding hydrogens is 324 g/mol. The minimum Gasteiger partial charge on any atom is -0.370 e. The van der Waals surface area contributed by atoms with Gasteiger partial charge < -0.3 is 4.74 Å². The Labute approximate surface area is 124 Å². The molecule has 1 aliphatic rings. The molecule has 0 spiro atoms. The fourth-order valence-corrected chi connectivity index (χ4v) is 3.19. The highest BCUT2D eigenvalue weighted by Crippen LogP contribution is 2.27. The molecule has 1 fully saturated rings. The van der Waals surface area contributed by atoms with E-state index in [1.165, 1.54) is 0 Å². The van der Waals surface area contributed by atoms with Gasteiger partial charge in [-0.1, -0.05) is 0 Å². The summed E-state index contributed by atoms with van der Waals surface area (Å²) >= 11 is 3.43. The lowest BCUT2D eigenvalue weighted by molar-refractivity contribution is 0.0642. The van der Waals surface area contributed by atoms with Crippen LogP contribution in [0.25, 0.3) is 11.0 Å². The molecule has 0 amide bonds. The highest BCUT2D eigenvalue weighted by Gasteiger charge is 2.27. The van der Waals surface area contributed by atoms with Gasteiger partial charge in [-0.3, -0.25) is 13.9 Å². The Hall–Kier alpha value is -1.40. The van der Waals surface area contributed by atoms with E-state index in [0.717, 1.165) is 23.9 Å². The molecule has 0 N–H and O–H groups in total. The van der Waals surface area contributed by atoms with Gasteiger partial charge >= 0.3 is 5.69 Å². The molecule has 2 aromatic rings. The average Bonchev–Trinajstić information content (AvgIpc) is 3.03. The number of hydrogen-bond acceptors (Lipinski definition) is 3. The molecule has 1 atom stereocenters. The van der Waals surface area contributed by atoms with Crippen LogP contribution in [0.5, 0.6) is 0 Å². The second-order valence-corrected chi connectivity index (χ2v) is 5.94. The van der Waals surface area contributed by atoms with Crippen molar-refractivity contribution in [2.75, 3.05) is 6.61 Å². The van der Waals surface area contributed by atoms with Gasteiger partial charge in [0.15, 0.2) is 5.78 Å². The summed E-state index contributed by atoms with van der Waals surface area (Å²) in [5.41, 5.74) is 2.02. The van der Waals surface area contributed by atoms with Crippen molar-refractivity contribution in [1.82, 2.24) is 9.13 Å². The molecule has 1 unspecified atom stereocenters. The molecule has 0 bridgehead atoms. The summed E-state index contributed by atoms with van der Waals surface area (Å²) in [7, 11) is 3.43. The maximum atomic E-state index is 12.5. The Morgan fingerprint density at radius 2 is 1.95 bits per heavy atom. The quantitative estimate of drug-likeness (QED) is 0.787. The second kappa shape index (κ2) is 4.86. The van der Waals surface area contributed by atoms with Crippen LogP contribution in [0.2, 0.25) is 0 Å². The first-order chi connectivity index (χ1) is 9.50. The van der Waals surface area contributed by atoms with E-state index in [1.807, 2.05) is 6.07 Å². The number of rotatable bonds is 2. The van der Waals surface area contributed by atoms with E-state index in [-0.39, 0.29) is 17.6 Å². The van der Waals surface area contributed by atoms with Crippen molar-refractivity contribution < 1.29 is 9.53 Å². The van der Waals surface area contributed by atoms with E-state index in [0.29, 0.717) is 16.6 Å². The largest absolute Gasteiger partial charge is 0.370 e. The fraction of sp³-hybridized carbons (Fsp3) is 0.429. The summed E-state index contributed by atoms with van der Waals surface area (Å²) in [5.74, 6) is -0.0208. The van der Waals surface area contributed by atoms with Gasteiger partial charge in [0.1, 0.15) is 6.10 Å². The van der Waals surface area contributed by atoms with Gasteiger partial charge in [0.2, 0.25) is 0 Å². The predicted octanol–water partition coefficient (Wildman–Crippen LogP) is 2.00. The van der Waals surface area contributed by atoms with Gasteiger partial charge in [-0.05, 0) is 40.9 Å². The van der Waals surface area contributed by atoms with Crippen LogP contribution in [-0.2, 0) is 18.8 Å². The van der Waals surface area contributed by atoms with Crippen molar-refractivity contribution in [2.45, 2.75) is 18.9 Å². The molecule has 0 aliphatic carbocycles. The standard InChI is InChI=1S/C14H15BrN2O3/c1-16-10-6-8(13(18)12-4-3-5-20-12)9(15)7-11(10)17(2)14(16)19/h6-7,12H,3-5H2,1-2H3. The molecule has 0 saturated carbocycles. The van der Waals surface area contributed by atoms with Crippen LogP contribution < -0.4 is 5.69 Å². The minimum atomic E-state index is -0.357. The monoisotopic (exact) mass is 338 g/mol. The van der Waals surface area contributed by atoms with Crippen molar-refractivity contribution in [3.8, 4) is 0 Å². The summed E-state index contributed by atoms with van der Waals surface area (Å²) in [4.78, 5) is 24.4. The Kier molecular flexibility index (Phi) is 3.30.